The molecule has 0 atom stereocenters. The van der Waals surface area contributed by atoms with E-state index in [1.54, 1.807) is 0 Å². The van der Waals surface area contributed by atoms with Crippen LogP contribution in [-0.4, -0.2) is 11.1 Å². The predicted octanol–water partition coefficient (Wildman–Crippen LogP) is 0.278. The molecule has 3 heteroatoms. The quantitative estimate of drug-likeness (QED) is 0.387. The first-order valence-corrected chi connectivity index (χ1v) is 1.55. The molecule has 3 nitrogen and oxygen atoms in total. The van der Waals surface area contributed by atoms with Crippen LogP contribution in [0.25, 0.3) is 0 Å². The van der Waals surface area contributed by atoms with E-state index in [4.69, 9.17) is 0 Å². The summed E-state index contributed by atoms with van der Waals surface area (Å²) in [5.74, 6) is 0. The fraction of sp³-hybridized carbons (Fsp3) is 0. The van der Waals surface area contributed by atoms with Gasteiger partial charge in [-0.2, -0.15) is 0 Å². The second-order valence-electron chi connectivity index (χ2n) is 0.923. The molecule has 0 amide bonds. The molecule has 1 aliphatic rings. The van der Waals surface area contributed by atoms with Gasteiger partial charge in [-0.05, 0) is 4.99 Å². The number of aliphatic imine (C=N–C) groups is 1. The summed E-state index contributed by atoms with van der Waals surface area (Å²) in [5, 5.41) is 0. The molecule has 30 valence electrons. The molecule has 0 saturated heterocycles. The van der Waals surface area contributed by atoms with Gasteiger partial charge in [0.15, 0.2) is 12.4 Å². The van der Waals surface area contributed by atoms with Crippen LogP contribution in [0.3, 0.4) is 0 Å². The van der Waals surface area contributed by atoms with E-state index in [9.17, 15) is 4.91 Å². The largest absolute Gasteiger partial charge is 0.330 e. The van der Waals surface area contributed by atoms with Gasteiger partial charge in [-0.15, -0.1) is 0 Å². The second kappa shape index (κ2) is 1.01. The third-order valence-corrected chi connectivity index (χ3v) is 0.480. The van der Waals surface area contributed by atoms with Crippen LogP contribution in [0, 0.1) is 4.91 Å². The van der Waals surface area contributed by atoms with Gasteiger partial charge in [-0.1, -0.05) is 4.91 Å². The first-order valence-electron chi connectivity index (χ1n) is 1.55. The molecule has 0 radical (unpaired) electrons. The highest BCUT2D eigenvalue weighted by molar-refractivity contribution is 5.47. The Labute approximate surface area is 34.6 Å². The van der Waals surface area contributed by atoms with Crippen LogP contribution < -0.4 is 0 Å². The predicted molar refractivity (Wildman–Crippen MR) is 21.3 cm³/mol. The Kier molecular flexibility index (Phi) is 0.538. The monoisotopic (exact) mass is 83.0 g/mol. The molecule has 0 aromatic heterocycles. The molecule has 0 spiro atoms. The van der Waals surface area contributed by atoms with E-state index in [0.29, 0.717) is 4.76 Å². The van der Waals surface area contributed by atoms with Gasteiger partial charge in [0.1, 0.15) is 0 Å². The van der Waals surface area contributed by atoms with E-state index >= 15 is 0 Å². The van der Waals surface area contributed by atoms with Crippen LogP contribution in [-0.2, 0) is 0 Å². The fourth-order valence-corrected chi connectivity index (χ4v) is 0.247. The lowest BCUT2D eigenvalue weighted by Gasteiger charge is -1.56. The summed E-state index contributed by atoms with van der Waals surface area (Å²) in [5.41, 5.74) is 0. The number of hydrogen-bond donors (Lipinski definition) is 0. The molecule has 0 N–H and O–H groups in total. The van der Waals surface area contributed by atoms with Crippen molar-refractivity contribution >= 4 is 6.34 Å². The minimum atomic E-state index is 0.639. The van der Waals surface area contributed by atoms with E-state index in [2.05, 4.69) is 4.99 Å². The van der Waals surface area contributed by atoms with Crippen LogP contribution in [0.1, 0.15) is 0 Å². The lowest BCUT2D eigenvalue weighted by Crippen LogP contribution is -1.86. The summed E-state index contributed by atoms with van der Waals surface area (Å²) in [6.45, 7) is 0. The van der Waals surface area contributed by atoms with Gasteiger partial charge in [-0.3, -0.25) is 0 Å². The minimum absolute atomic E-state index is 0.639. The molecule has 0 bridgehead atoms. The number of nitroso groups, excluding NO2 is 1. The molecule has 1 heterocycles. The van der Waals surface area contributed by atoms with Crippen LogP contribution in [0.2, 0.25) is 0 Å². The van der Waals surface area contributed by atoms with E-state index in [1.165, 1.54) is 18.7 Å². The average Bonchev–Trinajstić information content (AvgIpc) is 1.86. The lowest BCUT2D eigenvalue weighted by atomic mass is 11.0. The van der Waals surface area contributed by atoms with Gasteiger partial charge >= 0.3 is 6.34 Å². The molecule has 0 aromatic carbocycles. The van der Waals surface area contributed by atoms with Gasteiger partial charge in [-0.25, -0.2) is 0 Å². The Balaban J connectivity index is 2.86. The van der Waals surface area contributed by atoms with Crippen molar-refractivity contribution in [1.29, 1.82) is 0 Å². The highest BCUT2D eigenvalue weighted by atomic mass is 16.3. The maximum atomic E-state index is 9.92. The van der Waals surface area contributed by atoms with Crippen molar-refractivity contribution in [3.8, 4) is 0 Å². The number of hydrogen-bond acceptors (Lipinski definition) is 2. The van der Waals surface area contributed by atoms with Crippen molar-refractivity contribution in [1.82, 2.24) is 0 Å². The number of nitrogens with zero attached hydrogens (tertiary/aromatic N) is 2. The molecule has 6 heavy (non-hydrogen) atoms. The Morgan fingerprint density at radius 3 is 2.67 bits per heavy atom. The van der Waals surface area contributed by atoms with E-state index in [-0.39, 0.29) is 0 Å². The zero-order valence-corrected chi connectivity index (χ0v) is 3.03. The fourth-order valence-electron chi connectivity index (χ4n) is 0.247. The van der Waals surface area contributed by atoms with Crippen molar-refractivity contribution in [3.05, 3.63) is 17.3 Å². The zero-order valence-electron chi connectivity index (χ0n) is 3.03. The van der Waals surface area contributed by atoms with E-state index in [1.807, 2.05) is 0 Å². The van der Waals surface area contributed by atoms with Crippen molar-refractivity contribution in [2.24, 2.45) is 4.99 Å². The van der Waals surface area contributed by atoms with Crippen molar-refractivity contribution < 1.29 is 4.76 Å². The average molecular weight is 83.1 g/mol. The summed E-state index contributed by atoms with van der Waals surface area (Å²) in [6, 6.07) is 0. The summed E-state index contributed by atoms with van der Waals surface area (Å²) < 4.78 is 0.639. The molecular weight excluding hydrogens is 80.0 g/mol. The topological polar surface area (TPSA) is 32.4 Å². The molecular formula is C3H3N2O+. The Hall–Kier alpha value is -0.990. The highest BCUT2D eigenvalue weighted by Crippen LogP contribution is 1.81. The van der Waals surface area contributed by atoms with E-state index in [0.717, 1.165) is 0 Å². The van der Waals surface area contributed by atoms with Gasteiger partial charge in [0, 0.05) is 4.76 Å². The van der Waals surface area contributed by atoms with Crippen LogP contribution in [0.4, 0.5) is 0 Å². The summed E-state index contributed by atoms with van der Waals surface area (Å²) in [6.07, 6.45) is 3.97. The Bertz CT molecular complexity index is 111. The maximum absolute atomic E-state index is 9.92. The second-order valence-corrected chi connectivity index (χ2v) is 0.923. The normalized spacial score (nSPS) is 17.0. The molecule has 0 fully saturated rings. The van der Waals surface area contributed by atoms with Crippen molar-refractivity contribution in [2.45, 2.75) is 0 Å². The van der Waals surface area contributed by atoms with Gasteiger partial charge in [0.25, 0.3) is 0 Å². The smallest absolute Gasteiger partial charge is 0.0599 e. The molecule has 1 aliphatic heterocycles. The standard InChI is InChI=1S/C3H3N2O/c6-5-2-1-4-3-5/h1-3H/q+1. The summed E-state index contributed by atoms with van der Waals surface area (Å²) >= 11 is 0. The van der Waals surface area contributed by atoms with E-state index < -0.39 is 0 Å². The van der Waals surface area contributed by atoms with Gasteiger partial charge in [0.05, 0.1) is 0 Å². The SMILES string of the molecule is O=[N+]1C=CN=C1. The molecule has 0 aromatic rings. The summed E-state index contributed by atoms with van der Waals surface area (Å²) in [7, 11) is 0. The van der Waals surface area contributed by atoms with Gasteiger partial charge in [0.2, 0.25) is 0 Å². The lowest BCUT2D eigenvalue weighted by molar-refractivity contribution is -0.334. The Morgan fingerprint density at radius 2 is 2.50 bits per heavy atom. The first kappa shape index (κ1) is 3.21. The Morgan fingerprint density at radius 1 is 1.67 bits per heavy atom. The van der Waals surface area contributed by atoms with Crippen LogP contribution in [0.15, 0.2) is 17.4 Å². The molecule has 1 rings (SSSR count). The number of rotatable bonds is 0. The molecule has 0 unspecified atom stereocenters. The summed E-state index contributed by atoms with van der Waals surface area (Å²) in [4.78, 5) is 13.4. The van der Waals surface area contributed by atoms with Crippen LogP contribution in [0.5, 0.6) is 0 Å². The molecule has 0 saturated carbocycles. The maximum Gasteiger partial charge on any atom is 0.330 e. The van der Waals surface area contributed by atoms with Crippen molar-refractivity contribution in [2.75, 3.05) is 0 Å². The third-order valence-electron chi connectivity index (χ3n) is 0.480. The van der Waals surface area contributed by atoms with Gasteiger partial charge < -0.3 is 0 Å². The minimum Gasteiger partial charge on any atom is -0.0599 e. The zero-order chi connectivity index (χ0) is 4.41. The highest BCUT2D eigenvalue weighted by Gasteiger charge is 1.98. The molecule has 0 aliphatic carbocycles. The third kappa shape index (κ3) is 0.337. The van der Waals surface area contributed by atoms with Crippen molar-refractivity contribution in [3.63, 3.8) is 0 Å². The first-order chi connectivity index (χ1) is 2.89. The van der Waals surface area contributed by atoms with Crippen LogP contribution >= 0.6 is 0 Å².